The number of nitrogens with zero attached hydrogens (tertiary/aromatic N) is 3. The number of ether oxygens (including phenoxy) is 1. The number of hydrogen-bond acceptors (Lipinski definition) is 7. The Kier molecular flexibility index (Phi) is 4.57. The fourth-order valence-electron chi connectivity index (χ4n) is 2.30. The molecule has 8 nitrogen and oxygen atoms in total. The van der Waals surface area contributed by atoms with E-state index in [-0.39, 0.29) is 17.1 Å². The Balaban J connectivity index is 2.13. The summed E-state index contributed by atoms with van der Waals surface area (Å²) in [7, 11) is -3.87. The van der Waals surface area contributed by atoms with Crippen molar-refractivity contribution in [1.29, 1.82) is 0 Å². The number of pyridine rings is 1. The molecule has 1 unspecified atom stereocenters. The van der Waals surface area contributed by atoms with E-state index in [1.165, 1.54) is 0 Å². The van der Waals surface area contributed by atoms with E-state index in [4.69, 9.17) is 0 Å². The average molecular weight is 407 g/mol. The van der Waals surface area contributed by atoms with Crippen LogP contribution in [0.2, 0.25) is 0 Å². The molecule has 27 heavy (non-hydrogen) atoms. The first-order chi connectivity index (χ1) is 12.5. The SMILES string of the molecule is CS(=O)(=O)c1cc(-c2c[nH+]c(N=O)c(OC(F)F)c2)nc(C2CC2(F)F)n1. The summed E-state index contributed by atoms with van der Waals surface area (Å²) in [5, 5.41) is 2.00. The van der Waals surface area contributed by atoms with Crippen LogP contribution in [0.25, 0.3) is 11.3 Å². The van der Waals surface area contributed by atoms with Crippen molar-refractivity contribution in [3.63, 3.8) is 0 Å². The van der Waals surface area contributed by atoms with Crippen molar-refractivity contribution in [3.05, 3.63) is 29.1 Å². The first kappa shape index (κ1) is 19.1. The van der Waals surface area contributed by atoms with Crippen LogP contribution in [0.3, 0.4) is 0 Å². The van der Waals surface area contributed by atoms with Crippen LogP contribution in [0.5, 0.6) is 5.75 Å². The van der Waals surface area contributed by atoms with Gasteiger partial charge in [-0.05, 0) is 4.91 Å². The van der Waals surface area contributed by atoms with Crippen LogP contribution in [-0.2, 0) is 9.84 Å². The third kappa shape index (κ3) is 4.02. The molecule has 1 saturated carbocycles. The Bertz CT molecular complexity index is 1020. The van der Waals surface area contributed by atoms with Gasteiger partial charge in [0.05, 0.1) is 17.8 Å². The van der Waals surface area contributed by atoms with Gasteiger partial charge in [-0.3, -0.25) is 0 Å². The van der Waals surface area contributed by atoms with Gasteiger partial charge in [0.2, 0.25) is 10.9 Å². The number of aromatic nitrogens is 3. The monoisotopic (exact) mass is 407 g/mol. The molecule has 0 radical (unpaired) electrons. The van der Waals surface area contributed by atoms with Crippen LogP contribution in [0.15, 0.2) is 28.5 Å². The van der Waals surface area contributed by atoms with Crippen LogP contribution in [0, 0.1) is 4.91 Å². The molecule has 0 spiro atoms. The molecule has 0 amide bonds. The highest BCUT2D eigenvalue weighted by atomic mass is 32.2. The first-order valence-corrected chi connectivity index (χ1v) is 9.21. The average Bonchev–Trinajstić information content (AvgIpc) is 3.21. The summed E-state index contributed by atoms with van der Waals surface area (Å²) in [5.41, 5.74) is -0.119. The minimum absolute atomic E-state index is 0.00978. The lowest BCUT2D eigenvalue weighted by Crippen LogP contribution is -2.11. The Labute approximate surface area is 149 Å². The summed E-state index contributed by atoms with van der Waals surface area (Å²) >= 11 is 0. The molecule has 1 N–H and O–H groups in total. The van der Waals surface area contributed by atoms with Gasteiger partial charge in [-0.15, -0.1) is 0 Å². The quantitative estimate of drug-likeness (QED) is 0.413. The number of halogens is 4. The first-order valence-electron chi connectivity index (χ1n) is 7.32. The lowest BCUT2D eigenvalue weighted by Gasteiger charge is -2.08. The second-order valence-corrected chi connectivity index (χ2v) is 7.77. The van der Waals surface area contributed by atoms with Crippen LogP contribution in [0.4, 0.5) is 23.4 Å². The highest BCUT2D eigenvalue weighted by molar-refractivity contribution is 7.90. The second-order valence-electron chi connectivity index (χ2n) is 5.81. The fourth-order valence-corrected chi connectivity index (χ4v) is 2.89. The van der Waals surface area contributed by atoms with E-state index in [1.54, 1.807) is 0 Å². The predicted molar refractivity (Wildman–Crippen MR) is 81.5 cm³/mol. The lowest BCUT2D eigenvalue weighted by molar-refractivity contribution is -0.363. The molecule has 0 aliphatic heterocycles. The highest BCUT2D eigenvalue weighted by Gasteiger charge is 2.59. The minimum atomic E-state index is -3.87. The zero-order valence-corrected chi connectivity index (χ0v) is 14.3. The Morgan fingerprint density at radius 2 is 2.00 bits per heavy atom. The smallest absolute Gasteiger partial charge is 0.414 e. The summed E-state index contributed by atoms with van der Waals surface area (Å²) < 4.78 is 79.5. The number of rotatable bonds is 6. The van der Waals surface area contributed by atoms with Gasteiger partial charge in [0.1, 0.15) is 5.82 Å². The molecule has 0 saturated heterocycles. The van der Waals surface area contributed by atoms with E-state index < -0.39 is 51.3 Å². The van der Waals surface area contributed by atoms with E-state index in [2.05, 4.69) is 24.9 Å². The van der Waals surface area contributed by atoms with E-state index in [9.17, 15) is 30.9 Å². The Morgan fingerprint density at radius 3 is 2.52 bits per heavy atom. The maximum absolute atomic E-state index is 13.4. The van der Waals surface area contributed by atoms with Crippen molar-refractivity contribution >= 4 is 15.7 Å². The summed E-state index contributed by atoms with van der Waals surface area (Å²) in [4.78, 5) is 20.6. The molecule has 13 heteroatoms. The van der Waals surface area contributed by atoms with E-state index >= 15 is 0 Å². The van der Waals surface area contributed by atoms with E-state index in [0.717, 1.165) is 24.6 Å². The Hall–Kier alpha value is -2.70. The van der Waals surface area contributed by atoms with E-state index in [1.807, 2.05) is 0 Å². The molecular formula is C14H11F4N4O4S+. The lowest BCUT2D eigenvalue weighted by atomic mass is 10.2. The molecule has 1 aliphatic rings. The molecule has 144 valence electrons. The molecule has 0 bridgehead atoms. The zero-order valence-electron chi connectivity index (χ0n) is 13.5. The molecule has 1 fully saturated rings. The minimum Gasteiger partial charge on any atom is -0.426 e. The number of nitrogens with one attached hydrogen (secondary N) is 1. The number of aromatic amines is 1. The molecule has 3 rings (SSSR count). The number of sulfone groups is 1. The normalized spacial score (nSPS) is 18.4. The zero-order chi connectivity index (χ0) is 20.0. The molecule has 2 aromatic rings. The van der Waals surface area contributed by atoms with Gasteiger partial charge >= 0.3 is 12.4 Å². The van der Waals surface area contributed by atoms with Crippen molar-refractivity contribution < 1.29 is 35.7 Å². The standard InChI is InChI=1S/C14H10F4N4O4S/c1-27(24,25)10-3-8(20-11(21-10)7-4-14(7,17)18)6-2-9(26-13(15)16)12(22-23)19-5-6/h2-3,5,7,13H,4H2,1H3/p+1. The van der Waals surface area contributed by atoms with Crippen LogP contribution >= 0.6 is 0 Å². The Morgan fingerprint density at radius 1 is 1.33 bits per heavy atom. The predicted octanol–water partition coefficient (Wildman–Crippen LogP) is 2.48. The fraction of sp³-hybridized carbons (Fsp3) is 0.357. The highest BCUT2D eigenvalue weighted by Crippen LogP contribution is 2.54. The molecule has 1 aliphatic carbocycles. The largest absolute Gasteiger partial charge is 0.426 e. The van der Waals surface area contributed by atoms with Gasteiger partial charge in [0.25, 0.3) is 5.92 Å². The molecular weight excluding hydrogens is 396 g/mol. The third-order valence-electron chi connectivity index (χ3n) is 3.72. The topological polar surface area (TPSA) is 113 Å². The van der Waals surface area contributed by atoms with Crippen LogP contribution in [0.1, 0.15) is 18.2 Å². The number of H-pyrrole nitrogens is 1. The summed E-state index contributed by atoms with van der Waals surface area (Å²) in [6, 6.07) is 1.96. The maximum Gasteiger partial charge on any atom is 0.414 e. The number of nitroso groups, excluding NO2 is 1. The summed E-state index contributed by atoms with van der Waals surface area (Å²) in [6.45, 7) is -3.26. The van der Waals surface area contributed by atoms with Gasteiger partial charge in [0, 0.05) is 30.4 Å². The number of hydrogen-bond donors (Lipinski definition) is 0. The van der Waals surface area contributed by atoms with Gasteiger partial charge < -0.3 is 4.74 Å². The molecule has 0 aromatic carbocycles. The summed E-state index contributed by atoms with van der Waals surface area (Å²) in [6.07, 6.45) is 1.43. The third-order valence-corrected chi connectivity index (χ3v) is 4.69. The molecule has 2 heterocycles. The van der Waals surface area contributed by atoms with Crippen molar-refractivity contribution in [3.8, 4) is 17.0 Å². The van der Waals surface area contributed by atoms with Gasteiger partial charge in [-0.2, -0.15) is 8.78 Å². The van der Waals surface area contributed by atoms with Crippen molar-refractivity contribution in [2.75, 3.05) is 6.26 Å². The van der Waals surface area contributed by atoms with Gasteiger partial charge in [0.15, 0.2) is 14.9 Å². The molecule has 2 aromatic heterocycles. The van der Waals surface area contributed by atoms with Gasteiger partial charge in [-0.1, -0.05) is 0 Å². The second kappa shape index (κ2) is 6.48. The molecule has 1 atom stereocenters. The van der Waals surface area contributed by atoms with Crippen LogP contribution in [-0.4, -0.2) is 37.2 Å². The maximum atomic E-state index is 13.4. The van der Waals surface area contributed by atoms with Crippen LogP contribution < -0.4 is 9.72 Å². The number of alkyl halides is 4. The van der Waals surface area contributed by atoms with Crippen molar-refractivity contribution in [2.24, 2.45) is 5.18 Å². The van der Waals surface area contributed by atoms with Crippen molar-refractivity contribution in [1.82, 2.24) is 9.97 Å². The van der Waals surface area contributed by atoms with E-state index in [0.29, 0.717) is 0 Å². The van der Waals surface area contributed by atoms with Gasteiger partial charge in [-0.25, -0.2) is 32.2 Å². The summed E-state index contributed by atoms with van der Waals surface area (Å²) in [5.74, 6) is -5.92. The van der Waals surface area contributed by atoms with Crippen molar-refractivity contribution in [2.45, 2.75) is 29.9 Å².